The van der Waals surface area contributed by atoms with Gasteiger partial charge in [0.25, 0.3) is 5.91 Å². The van der Waals surface area contributed by atoms with Crippen LogP contribution in [0, 0.1) is 0 Å². The quantitative estimate of drug-likeness (QED) is 0.508. The molecule has 0 spiro atoms. The van der Waals surface area contributed by atoms with Crippen molar-refractivity contribution in [2.24, 2.45) is 0 Å². The number of nitrogens with zero attached hydrogens (tertiary/aromatic N) is 2. The number of anilines is 1. The maximum atomic E-state index is 12.6. The van der Waals surface area contributed by atoms with Gasteiger partial charge in [0.15, 0.2) is 5.82 Å². The number of carbonyl (C=O) groups excluding carboxylic acids is 1. The Morgan fingerprint density at radius 2 is 2.22 bits per heavy atom. The Labute approximate surface area is 160 Å². The Hall–Kier alpha value is -3.06. The Morgan fingerprint density at radius 3 is 3.11 bits per heavy atom. The van der Waals surface area contributed by atoms with Crippen molar-refractivity contribution in [1.29, 1.82) is 0 Å². The number of fused-ring (bicyclic) bond motifs is 1. The summed E-state index contributed by atoms with van der Waals surface area (Å²) >= 11 is 1.69. The van der Waals surface area contributed by atoms with Gasteiger partial charge in [-0.05, 0) is 42.1 Å². The van der Waals surface area contributed by atoms with E-state index in [0.717, 1.165) is 41.9 Å². The summed E-state index contributed by atoms with van der Waals surface area (Å²) in [7, 11) is 0. The van der Waals surface area contributed by atoms with Crippen LogP contribution >= 0.6 is 11.3 Å². The maximum Gasteiger partial charge on any atom is 0.251 e. The van der Waals surface area contributed by atoms with Crippen molar-refractivity contribution in [2.45, 2.75) is 12.5 Å². The number of hydrogen-bond donors (Lipinski definition) is 3. The number of benzene rings is 1. The van der Waals surface area contributed by atoms with E-state index >= 15 is 0 Å². The molecule has 7 heteroatoms. The zero-order valence-electron chi connectivity index (χ0n) is 14.6. The SMILES string of the molecule is O=C(N[C@H]1CCN(c2cc(-c3cccs3)[nH]n2)C1)c1ccc2[nH]ccc2c1. The minimum atomic E-state index is -0.0220. The number of nitrogens with one attached hydrogen (secondary N) is 3. The minimum absolute atomic E-state index is 0.0220. The van der Waals surface area contributed by atoms with E-state index in [1.807, 2.05) is 36.5 Å². The highest BCUT2D eigenvalue weighted by atomic mass is 32.1. The van der Waals surface area contributed by atoms with Gasteiger partial charge >= 0.3 is 0 Å². The van der Waals surface area contributed by atoms with E-state index < -0.39 is 0 Å². The fourth-order valence-electron chi connectivity index (χ4n) is 3.58. The third-order valence-electron chi connectivity index (χ3n) is 5.01. The summed E-state index contributed by atoms with van der Waals surface area (Å²) in [6.07, 6.45) is 2.80. The second-order valence-electron chi connectivity index (χ2n) is 6.80. The van der Waals surface area contributed by atoms with Gasteiger partial charge in [-0.2, -0.15) is 5.10 Å². The first-order valence-corrected chi connectivity index (χ1v) is 9.86. The van der Waals surface area contributed by atoms with Gasteiger partial charge in [0.05, 0.1) is 10.6 Å². The molecular formula is C20H19N5OS. The first kappa shape index (κ1) is 16.1. The van der Waals surface area contributed by atoms with Crippen LogP contribution in [-0.4, -0.2) is 40.2 Å². The van der Waals surface area contributed by atoms with Crippen LogP contribution in [0.25, 0.3) is 21.5 Å². The van der Waals surface area contributed by atoms with E-state index in [1.165, 1.54) is 4.88 Å². The lowest BCUT2D eigenvalue weighted by molar-refractivity contribution is 0.0940. The number of aromatic amines is 2. The molecule has 1 aliphatic rings. The molecule has 3 N–H and O–H groups in total. The van der Waals surface area contributed by atoms with Crippen LogP contribution in [-0.2, 0) is 0 Å². The molecule has 6 nitrogen and oxygen atoms in total. The molecule has 4 aromatic rings. The number of H-pyrrole nitrogens is 2. The van der Waals surface area contributed by atoms with E-state index in [9.17, 15) is 4.79 Å². The largest absolute Gasteiger partial charge is 0.361 e. The van der Waals surface area contributed by atoms with Crippen LogP contribution in [0.3, 0.4) is 0 Å². The van der Waals surface area contributed by atoms with Crippen molar-refractivity contribution in [2.75, 3.05) is 18.0 Å². The zero-order chi connectivity index (χ0) is 18.2. The summed E-state index contributed by atoms with van der Waals surface area (Å²) in [5.74, 6) is 0.912. The minimum Gasteiger partial charge on any atom is -0.361 e. The highest BCUT2D eigenvalue weighted by Crippen LogP contribution is 2.27. The number of amides is 1. The number of carbonyl (C=O) groups is 1. The van der Waals surface area contributed by atoms with Crippen LogP contribution in [0.2, 0.25) is 0 Å². The number of thiophene rings is 1. The third kappa shape index (κ3) is 3.10. The molecule has 0 radical (unpaired) electrons. The van der Waals surface area contributed by atoms with E-state index in [0.29, 0.717) is 5.56 Å². The van der Waals surface area contributed by atoms with E-state index in [4.69, 9.17) is 0 Å². The van der Waals surface area contributed by atoms with Crippen LogP contribution in [0.4, 0.5) is 5.82 Å². The Bertz CT molecular complexity index is 1080. The lowest BCUT2D eigenvalue weighted by Crippen LogP contribution is -2.37. The monoisotopic (exact) mass is 377 g/mol. The predicted molar refractivity (Wildman–Crippen MR) is 108 cm³/mol. The van der Waals surface area contributed by atoms with Crippen LogP contribution in [0.1, 0.15) is 16.8 Å². The van der Waals surface area contributed by atoms with Gasteiger partial charge in [0, 0.05) is 47.9 Å². The van der Waals surface area contributed by atoms with Crippen molar-refractivity contribution in [3.63, 3.8) is 0 Å². The Morgan fingerprint density at radius 1 is 1.26 bits per heavy atom. The number of hydrogen-bond acceptors (Lipinski definition) is 4. The summed E-state index contributed by atoms with van der Waals surface area (Å²) < 4.78 is 0. The molecule has 136 valence electrons. The average molecular weight is 377 g/mol. The molecule has 4 heterocycles. The number of aromatic nitrogens is 3. The summed E-state index contributed by atoms with van der Waals surface area (Å²) in [5.41, 5.74) is 2.77. The van der Waals surface area contributed by atoms with Crippen molar-refractivity contribution in [3.05, 3.63) is 59.6 Å². The summed E-state index contributed by atoms with van der Waals surface area (Å²) in [6, 6.07) is 14.0. The molecule has 1 aromatic carbocycles. The van der Waals surface area contributed by atoms with Crippen LogP contribution in [0.15, 0.2) is 54.0 Å². The molecule has 1 saturated heterocycles. The van der Waals surface area contributed by atoms with Crippen molar-refractivity contribution < 1.29 is 4.79 Å². The highest BCUT2D eigenvalue weighted by Gasteiger charge is 2.26. The third-order valence-corrected chi connectivity index (χ3v) is 5.92. The first-order chi connectivity index (χ1) is 13.3. The smallest absolute Gasteiger partial charge is 0.251 e. The van der Waals surface area contributed by atoms with E-state index in [-0.39, 0.29) is 11.9 Å². The molecule has 5 rings (SSSR count). The molecule has 3 aromatic heterocycles. The Balaban J connectivity index is 1.25. The molecule has 1 fully saturated rings. The van der Waals surface area contributed by atoms with Gasteiger partial charge in [0.1, 0.15) is 0 Å². The molecule has 0 saturated carbocycles. The van der Waals surface area contributed by atoms with E-state index in [1.54, 1.807) is 11.3 Å². The fraction of sp³-hybridized carbons (Fsp3) is 0.200. The first-order valence-electron chi connectivity index (χ1n) is 8.98. The van der Waals surface area contributed by atoms with Gasteiger partial charge in [-0.15, -0.1) is 11.3 Å². The molecule has 1 amide bonds. The Kier molecular flexibility index (Phi) is 3.94. The highest BCUT2D eigenvalue weighted by molar-refractivity contribution is 7.13. The second kappa shape index (κ2) is 6.59. The molecule has 1 aliphatic heterocycles. The molecule has 1 atom stereocenters. The molecule has 27 heavy (non-hydrogen) atoms. The van der Waals surface area contributed by atoms with Gasteiger partial charge < -0.3 is 15.2 Å². The standard InChI is InChI=1S/C20H19N5OS/c26-20(14-3-4-16-13(10-14)5-7-21-16)22-15-6-8-25(12-15)19-11-17(23-24-19)18-2-1-9-27-18/h1-5,7,9-11,15,21H,6,8,12H2,(H,22,26)(H,23,24)/t15-/m0/s1. The van der Waals surface area contributed by atoms with E-state index in [2.05, 4.69) is 42.9 Å². The topological polar surface area (TPSA) is 76.8 Å². The maximum absolute atomic E-state index is 12.6. The lowest BCUT2D eigenvalue weighted by atomic mass is 10.1. The zero-order valence-corrected chi connectivity index (χ0v) is 15.4. The average Bonchev–Trinajstić information content (AvgIpc) is 3.47. The van der Waals surface area contributed by atoms with Crippen LogP contribution < -0.4 is 10.2 Å². The van der Waals surface area contributed by atoms with Crippen molar-refractivity contribution in [3.8, 4) is 10.6 Å². The fourth-order valence-corrected chi connectivity index (χ4v) is 4.27. The van der Waals surface area contributed by atoms with Crippen LogP contribution in [0.5, 0.6) is 0 Å². The predicted octanol–water partition coefficient (Wildman–Crippen LogP) is 3.63. The van der Waals surface area contributed by atoms with Crippen molar-refractivity contribution >= 4 is 34.0 Å². The number of rotatable bonds is 4. The van der Waals surface area contributed by atoms with Gasteiger partial charge in [-0.3, -0.25) is 9.89 Å². The summed E-state index contributed by atoms with van der Waals surface area (Å²) in [5, 5.41) is 13.8. The van der Waals surface area contributed by atoms with Gasteiger partial charge in [-0.25, -0.2) is 0 Å². The van der Waals surface area contributed by atoms with Crippen molar-refractivity contribution in [1.82, 2.24) is 20.5 Å². The van der Waals surface area contributed by atoms with Gasteiger partial charge in [0.2, 0.25) is 0 Å². The summed E-state index contributed by atoms with van der Waals surface area (Å²) in [6.45, 7) is 1.66. The normalized spacial score (nSPS) is 16.9. The molecular weight excluding hydrogens is 358 g/mol. The second-order valence-corrected chi connectivity index (χ2v) is 7.75. The molecule has 0 bridgehead atoms. The molecule has 0 unspecified atom stereocenters. The summed E-state index contributed by atoms with van der Waals surface area (Å²) in [4.78, 5) is 19.2. The molecule has 0 aliphatic carbocycles. The lowest BCUT2D eigenvalue weighted by Gasteiger charge is -2.16. The van der Waals surface area contributed by atoms with Gasteiger partial charge in [-0.1, -0.05) is 6.07 Å².